The van der Waals surface area contributed by atoms with Crippen LogP contribution in [0.25, 0.3) is 0 Å². The van der Waals surface area contributed by atoms with Crippen molar-refractivity contribution in [3.05, 3.63) is 83.4 Å². The van der Waals surface area contributed by atoms with Gasteiger partial charge in [0.25, 0.3) is 0 Å². The molecule has 7 nitrogen and oxygen atoms in total. The minimum atomic E-state index is -1.39. The molecule has 0 amide bonds. The molecule has 2 atom stereocenters. The van der Waals surface area contributed by atoms with E-state index in [1.165, 1.54) is 0 Å². The summed E-state index contributed by atoms with van der Waals surface area (Å²) in [4.78, 5) is 0. The summed E-state index contributed by atoms with van der Waals surface area (Å²) in [5, 5.41) is 12.6. The number of aliphatic hydroxyl groups is 1. The zero-order chi connectivity index (χ0) is 26.8. The molecule has 0 saturated carbocycles. The molecule has 4 rings (SSSR count). The molecule has 1 aliphatic heterocycles. The first-order chi connectivity index (χ1) is 18.6. The van der Waals surface area contributed by atoms with Gasteiger partial charge in [-0.2, -0.15) is 0 Å². The van der Waals surface area contributed by atoms with E-state index in [0.717, 1.165) is 30.4 Å². The molecule has 204 valence electrons. The van der Waals surface area contributed by atoms with Crippen LogP contribution in [0.2, 0.25) is 0 Å². The fraction of sp³-hybridized carbons (Fsp3) is 0.400. The molecule has 0 aromatic heterocycles. The molecule has 3 aromatic carbocycles. The first kappa shape index (κ1) is 28.0. The number of halogens is 1. The molecule has 0 aliphatic carbocycles. The average molecular weight is 543 g/mol. The van der Waals surface area contributed by atoms with Crippen LogP contribution in [0.1, 0.15) is 41.9 Å². The number of fused-ring (bicyclic) bond motifs is 1. The number of rotatable bonds is 14. The Morgan fingerprint density at radius 3 is 2.29 bits per heavy atom. The van der Waals surface area contributed by atoms with Gasteiger partial charge in [-0.05, 0) is 66.8 Å². The van der Waals surface area contributed by atoms with E-state index in [9.17, 15) is 5.11 Å². The second kappa shape index (κ2) is 13.7. The Bertz CT molecular complexity index is 1150. The van der Waals surface area contributed by atoms with Crippen LogP contribution in [-0.2, 0) is 15.1 Å². The zero-order valence-electron chi connectivity index (χ0n) is 21.9. The van der Waals surface area contributed by atoms with Gasteiger partial charge in [0.15, 0.2) is 13.6 Å². The summed E-state index contributed by atoms with van der Waals surface area (Å²) in [5.41, 5.74) is 0.892. The van der Waals surface area contributed by atoms with Crippen LogP contribution in [0.3, 0.4) is 0 Å². The van der Waals surface area contributed by atoms with Crippen molar-refractivity contribution < 1.29 is 33.5 Å². The summed E-state index contributed by atoms with van der Waals surface area (Å²) in [7, 11) is 3.14. The fourth-order valence-corrected chi connectivity index (χ4v) is 4.83. The largest absolute Gasteiger partial charge is 0.494 e. The van der Waals surface area contributed by atoms with Gasteiger partial charge in [0.05, 0.1) is 19.1 Å². The van der Waals surface area contributed by atoms with Gasteiger partial charge >= 0.3 is 0 Å². The summed E-state index contributed by atoms with van der Waals surface area (Å²) in [5.74, 6) is 2.81. The standard InChI is InChI=1S/C30H35ClO7/c1-33-20-37-24-11-9-22(10-12-24)28-19-36-29-18-26(38-21-34-2)13-14-27(29)30(28,32)23-7-6-8-25(17-23)35-16-5-3-4-15-31/h6-14,17-18,28,32H,3-5,15-16,19-21H2,1-2H3. The second-order valence-electron chi connectivity index (χ2n) is 9.08. The minimum absolute atomic E-state index is 0.118. The molecule has 0 spiro atoms. The van der Waals surface area contributed by atoms with Crippen molar-refractivity contribution in [2.45, 2.75) is 30.8 Å². The summed E-state index contributed by atoms with van der Waals surface area (Å²) < 4.78 is 33.4. The Hall–Kier alpha value is -2.97. The Labute approximate surface area is 229 Å². The van der Waals surface area contributed by atoms with Crippen LogP contribution in [0.4, 0.5) is 0 Å². The summed E-state index contributed by atoms with van der Waals surface area (Å²) in [6.07, 6.45) is 2.90. The third kappa shape index (κ3) is 6.53. The highest BCUT2D eigenvalue weighted by atomic mass is 35.5. The number of alkyl halides is 1. The van der Waals surface area contributed by atoms with Gasteiger partial charge in [-0.15, -0.1) is 11.6 Å². The third-order valence-electron chi connectivity index (χ3n) is 6.56. The molecular formula is C30H35ClO7. The van der Waals surface area contributed by atoms with Crippen LogP contribution in [0, 0.1) is 0 Å². The monoisotopic (exact) mass is 542 g/mol. The molecule has 0 radical (unpaired) electrons. The number of hydrogen-bond donors (Lipinski definition) is 1. The van der Waals surface area contributed by atoms with E-state index in [-0.39, 0.29) is 20.2 Å². The number of ether oxygens (including phenoxy) is 6. The van der Waals surface area contributed by atoms with E-state index in [4.69, 9.17) is 40.0 Å². The maximum atomic E-state index is 12.6. The number of methoxy groups -OCH3 is 2. The van der Waals surface area contributed by atoms with Gasteiger partial charge in [0, 0.05) is 31.7 Å². The van der Waals surface area contributed by atoms with Crippen molar-refractivity contribution in [2.24, 2.45) is 0 Å². The van der Waals surface area contributed by atoms with E-state index < -0.39 is 11.5 Å². The number of hydrogen-bond acceptors (Lipinski definition) is 7. The number of unbranched alkanes of at least 4 members (excludes halogenated alkanes) is 2. The first-order valence-corrected chi connectivity index (χ1v) is 13.3. The molecule has 2 unspecified atom stereocenters. The molecule has 38 heavy (non-hydrogen) atoms. The smallest absolute Gasteiger partial charge is 0.188 e. The van der Waals surface area contributed by atoms with Crippen LogP contribution < -0.4 is 18.9 Å². The fourth-order valence-electron chi connectivity index (χ4n) is 4.64. The first-order valence-electron chi connectivity index (χ1n) is 12.7. The van der Waals surface area contributed by atoms with E-state index >= 15 is 0 Å². The van der Waals surface area contributed by atoms with Crippen molar-refractivity contribution in [1.82, 2.24) is 0 Å². The third-order valence-corrected chi connectivity index (χ3v) is 6.83. The van der Waals surface area contributed by atoms with Crippen LogP contribution in [-0.4, -0.2) is 52.0 Å². The van der Waals surface area contributed by atoms with Crippen LogP contribution >= 0.6 is 11.6 Å². The Morgan fingerprint density at radius 2 is 1.55 bits per heavy atom. The zero-order valence-corrected chi connectivity index (χ0v) is 22.6. The number of benzene rings is 3. The lowest BCUT2D eigenvalue weighted by molar-refractivity contribution is 0.00975. The highest BCUT2D eigenvalue weighted by Gasteiger charge is 2.46. The van der Waals surface area contributed by atoms with Gasteiger partial charge in [0.1, 0.15) is 28.6 Å². The highest BCUT2D eigenvalue weighted by molar-refractivity contribution is 6.17. The lowest BCUT2D eigenvalue weighted by atomic mass is 9.71. The van der Waals surface area contributed by atoms with E-state index in [1.807, 2.05) is 60.7 Å². The SMILES string of the molecule is COCOc1ccc(C2COc3cc(OCOC)ccc3C2(O)c2cccc(OCCCCCCl)c2)cc1. The molecule has 0 fully saturated rings. The Kier molecular flexibility index (Phi) is 10.1. The predicted octanol–water partition coefficient (Wildman–Crippen LogP) is 5.85. The van der Waals surface area contributed by atoms with Gasteiger partial charge in [-0.1, -0.05) is 24.3 Å². The summed E-state index contributed by atoms with van der Waals surface area (Å²) >= 11 is 5.79. The Balaban J connectivity index is 1.69. The lowest BCUT2D eigenvalue weighted by Crippen LogP contribution is -2.41. The normalized spacial score (nSPS) is 18.4. The van der Waals surface area contributed by atoms with E-state index in [0.29, 0.717) is 41.0 Å². The Morgan fingerprint density at radius 1 is 0.842 bits per heavy atom. The van der Waals surface area contributed by atoms with Gasteiger partial charge in [-0.3, -0.25) is 0 Å². The molecule has 8 heteroatoms. The summed E-state index contributed by atoms with van der Waals surface area (Å²) in [6, 6.07) is 20.7. The summed E-state index contributed by atoms with van der Waals surface area (Å²) in [6.45, 7) is 1.13. The van der Waals surface area contributed by atoms with Gasteiger partial charge in [-0.25, -0.2) is 0 Å². The quantitative estimate of drug-likeness (QED) is 0.155. The topological polar surface area (TPSA) is 75.6 Å². The molecule has 0 saturated heterocycles. The van der Waals surface area contributed by atoms with Crippen LogP contribution in [0.5, 0.6) is 23.0 Å². The van der Waals surface area contributed by atoms with E-state index in [1.54, 1.807) is 20.3 Å². The molecule has 3 aromatic rings. The molecule has 1 heterocycles. The van der Waals surface area contributed by atoms with Crippen molar-refractivity contribution >= 4 is 11.6 Å². The van der Waals surface area contributed by atoms with E-state index in [2.05, 4.69) is 0 Å². The maximum Gasteiger partial charge on any atom is 0.188 e. The lowest BCUT2D eigenvalue weighted by Gasteiger charge is -2.42. The van der Waals surface area contributed by atoms with Crippen molar-refractivity contribution in [1.29, 1.82) is 0 Å². The molecule has 1 N–H and O–H groups in total. The van der Waals surface area contributed by atoms with Gasteiger partial charge < -0.3 is 33.5 Å². The molecular weight excluding hydrogens is 508 g/mol. The van der Waals surface area contributed by atoms with Gasteiger partial charge in [0.2, 0.25) is 0 Å². The predicted molar refractivity (Wildman–Crippen MR) is 146 cm³/mol. The van der Waals surface area contributed by atoms with Crippen LogP contribution in [0.15, 0.2) is 66.7 Å². The highest BCUT2D eigenvalue weighted by Crippen LogP contribution is 2.50. The molecule has 0 bridgehead atoms. The van der Waals surface area contributed by atoms with Crippen molar-refractivity contribution in [3.63, 3.8) is 0 Å². The van der Waals surface area contributed by atoms with Crippen molar-refractivity contribution in [3.8, 4) is 23.0 Å². The average Bonchev–Trinajstić information content (AvgIpc) is 2.95. The molecule has 1 aliphatic rings. The minimum Gasteiger partial charge on any atom is -0.494 e. The van der Waals surface area contributed by atoms with Crippen molar-refractivity contribution in [2.75, 3.05) is 46.9 Å². The second-order valence-corrected chi connectivity index (χ2v) is 9.46. The maximum absolute atomic E-state index is 12.6.